The zero-order valence-electron chi connectivity index (χ0n) is 13.4. The van der Waals surface area contributed by atoms with Gasteiger partial charge in [-0.3, -0.25) is 5.32 Å². The van der Waals surface area contributed by atoms with Gasteiger partial charge in [-0.25, -0.2) is 9.78 Å². The maximum Gasteiger partial charge on any atom is 0.417 e. The molecular formula is C17H15ClF3N3O2. The number of halogens is 4. The molecule has 26 heavy (non-hydrogen) atoms. The number of amides is 2. The topological polar surface area (TPSA) is 74.2 Å². The highest BCUT2D eigenvalue weighted by atomic mass is 35.5. The molecule has 0 radical (unpaired) electrons. The molecule has 1 heterocycles. The number of carbonyl (C=O) groups is 1. The number of carbonyl (C=O) groups excluding carboxylic acids is 1. The number of hydrogen-bond donors (Lipinski definition) is 3. The van der Waals surface area contributed by atoms with Crippen LogP contribution in [0.3, 0.4) is 0 Å². The molecule has 1 aromatic heterocycles. The smallest absolute Gasteiger partial charge is 0.393 e. The third-order valence-corrected chi connectivity index (χ3v) is 4.34. The van der Waals surface area contributed by atoms with Crippen molar-refractivity contribution in [2.45, 2.75) is 31.5 Å². The van der Waals surface area contributed by atoms with Crippen molar-refractivity contribution in [2.75, 3.05) is 10.6 Å². The molecule has 2 aromatic rings. The van der Waals surface area contributed by atoms with Gasteiger partial charge in [0.2, 0.25) is 0 Å². The third kappa shape index (κ3) is 4.25. The van der Waals surface area contributed by atoms with Gasteiger partial charge in [-0.15, -0.1) is 0 Å². The lowest BCUT2D eigenvalue weighted by Gasteiger charge is -2.20. The van der Waals surface area contributed by atoms with Crippen LogP contribution in [0.4, 0.5) is 29.5 Å². The molecule has 0 aliphatic heterocycles. The molecule has 0 saturated heterocycles. The van der Waals surface area contributed by atoms with Gasteiger partial charge in [0.15, 0.2) is 0 Å². The zero-order chi connectivity index (χ0) is 18.9. The van der Waals surface area contributed by atoms with Gasteiger partial charge in [-0.2, -0.15) is 13.2 Å². The molecule has 2 amide bonds. The van der Waals surface area contributed by atoms with E-state index < -0.39 is 22.8 Å². The molecule has 0 saturated carbocycles. The van der Waals surface area contributed by atoms with Crippen LogP contribution < -0.4 is 10.6 Å². The lowest BCUT2D eigenvalue weighted by atomic mass is 9.94. The second-order valence-electron chi connectivity index (χ2n) is 5.97. The molecule has 0 bridgehead atoms. The van der Waals surface area contributed by atoms with Gasteiger partial charge >= 0.3 is 12.2 Å². The summed E-state index contributed by atoms with van der Waals surface area (Å²) in [6.45, 7) is 0. The first-order valence-electron chi connectivity index (χ1n) is 7.84. The first kappa shape index (κ1) is 18.5. The molecule has 5 nitrogen and oxygen atoms in total. The second-order valence-corrected chi connectivity index (χ2v) is 6.38. The van der Waals surface area contributed by atoms with Crippen LogP contribution >= 0.6 is 11.6 Å². The standard InChI is InChI=1S/C17H15ClF3N3O2/c18-13-4-2-10(8-12(13)17(19,20)21)22-16(26)24-15-6-1-9-7-11(25)3-5-14(9)23-15/h1-2,4,6,8,11,25H,3,5,7H2,(H2,22,23,24,26). The van der Waals surface area contributed by atoms with Crippen LogP contribution in [0.25, 0.3) is 0 Å². The number of hydrogen-bond acceptors (Lipinski definition) is 3. The van der Waals surface area contributed by atoms with Gasteiger partial charge < -0.3 is 10.4 Å². The van der Waals surface area contributed by atoms with Crippen LogP contribution in [0.15, 0.2) is 30.3 Å². The number of rotatable bonds is 2. The SMILES string of the molecule is O=C(Nc1ccc(Cl)c(C(F)(F)F)c1)Nc1ccc2c(n1)CCC(O)C2. The van der Waals surface area contributed by atoms with Gasteiger partial charge in [0, 0.05) is 17.8 Å². The van der Waals surface area contributed by atoms with Crippen molar-refractivity contribution in [3.63, 3.8) is 0 Å². The first-order chi connectivity index (χ1) is 12.2. The summed E-state index contributed by atoms with van der Waals surface area (Å²) >= 11 is 5.55. The monoisotopic (exact) mass is 385 g/mol. The summed E-state index contributed by atoms with van der Waals surface area (Å²) < 4.78 is 38.6. The molecule has 0 spiro atoms. The van der Waals surface area contributed by atoms with E-state index in [4.69, 9.17) is 11.6 Å². The third-order valence-electron chi connectivity index (χ3n) is 4.01. The van der Waals surface area contributed by atoms with Crippen molar-refractivity contribution < 1.29 is 23.1 Å². The normalized spacial score (nSPS) is 16.7. The Bertz CT molecular complexity index is 842. The molecule has 9 heteroatoms. The Balaban J connectivity index is 1.70. The summed E-state index contributed by atoms with van der Waals surface area (Å²) in [5, 5.41) is 14.0. The average Bonchev–Trinajstić information content (AvgIpc) is 2.55. The number of aryl methyl sites for hydroxylation is 1. The number of urea groups is 1. The molecule has 1 aliphatic rings. The highest BCUT2D eigenvalue weighted by Gasteiger charge is 2.33. The zero-order valence-corrected chi connectivity index (χ0v) is 14.2. The van der Waals surface area contributed by atoms with Gasteiger partial charge in [0.05, 0.1) is 16.7 Å². The summed E-state index contributed by atoms with van der Waals surface area (Å²) in [6, 6.07) is 5.75. The van der Waals surface area contributed by atoms with Crippen LogP contribution in [0.5, 0.6) is 0 Å². The summed E-state index contributed by atoms with van der Waals surface area (Å²) in [5.74, 6) is 0.280. The minimum Gasteiger partial charge on any atom is -0.393 e. The molecule has 1 atom stereocenters. The number of alkyl halides is 3. The van der Waals surface area contributed by atoms with Crippen molar-refractivity contribution in [3.8, 4) is 0 Å². The summed E-state index contributed by atoms with van der Waals surface area (Å²) in [4.78, 5) is 16.3. The fourth-order valence-corrected chi connectivity index (χ4v) is 2.98. The predicted octanol–water partition coefficient (Wildman–Crippen LogP) is 4.25. The number of nitrogens with zero attached hydrogens (tertiary/aromatic N) is 1. The number of aliphatic hydroxyl groups is 1. The maximum atomic E-state index is 12.9. The lowest BCUT2D eigenvalue weighted by molar-refractivity contribution is -0.137. The van der Waals surface area contributed by atoms with Crippen LogP contribution in [0, 0.1) is 0 Å². The summed E-state index contributed by atoms with van der Waals surface area (Å²) in [6.07, 6.45) is -3.30. The van der Waals surface area contributed by atoms with E-state index in [-0.39, 0.29) is 17.6 Å². The predicted molar refractivity (Wildman–Crippen MR) is 91.4 cm³/mol. The number of pyridine rings is 1. The molecule has 1 aliphatic carbocycles. The number of anilines is 2. The molecule has 138 valence electrons. The Labute approximate surface area is 152 Å². The minimum atomic E-state index is -4.62. The van der Waals surface area contributed by atoms with Gasteiger partial charge in [0.25, 0.3) is 0 Å². The largest absolute Gasteiger partial charge is 0.417 e. The van der Waals surface area contributed by atoms with E-state index in [1.54, 1.807) is 12.1 Å². The molecule has 3 N–H and O–H groups in total. The van der Waals surface area contributed by atoms with Gasteiger partial charge in [-0.1, -0.05) is 17.7 Å². The van der Waals surface area contributed by atoms with E-state index in [1.807, 2.05) is 0 Å². The van der Waals surface area contributed by atoms with E-state index in [0.717, 1.165) is 23.4 Å². The van der Waals surface area contributed by atoms with Crippen molar-refractivity contribution >= 4 is 29.1 Å². The van der Waals surface area contributed by atoms with E-state index in [2.05, 4.69) is 15.6 Å². The molecular weight excluding hydrogens is 371 g/mol. The number of fused-ring (bicyclic) bond motifs is 1. The van der Waals surface area contributed by atoms with Gasteiger partial charge in [0.1, 0.15) is 5.82 Å². The van der Waals surface area contributed by atoms with Gasteiger partial charge in [-0.05, 0) is 42.7 Å². The van der Waals surface area contributed by atoms with Crippen molar-refractivity contribution in [1.29, 1.82) is 0 Å². The van der Waals surface area contributed by atoms with Crippen molar-refractivity contribution in [3.05, 3.63) is 52.2 Å². The quantitative estimate of drug-likeness (QED) is 0.723. The molecule has 0 fully saturated rings. The molecule has 3 rings (SSSR count). The van der Waals surface area contributed by atoms with Crippen LogP contribution in [0.2, 0.25) is 5.02 Å². The number of benzene rings is 1. The van der Waals surface area contributed by atoms with E-state index in [0.29, 0.717) is 19.3 Å². The van der Waals surface area contributed by atoms with E-state index >= 15 is 0 Å². The number of aliphatic hydroxyl groups excluding tert-OH is 1. The summed E-state index contributed by atoms with van der Waals surface area (Å²) in [5.41, 5.74) is 0.643. The number of nitrogens with one attached hydrogen (secondary N) is 2. The lowest BCUT2D eigenvalue weighted by Crippen LogP contribution is -2.23. The fourth-order valence-electron chi connectivity index (χ4n) is 2.76. The number of aromatic nitrogens is 1. The fraction of sp³-hybridized carbons (Fsp3) is 0.294. The Hall–Kier alpha value is -2.32. The maximum absolute atomic E-state index is 12.9. The molecule has 1 aromatic carbocycles. The molecule has 1 unspecified atom stereocenters. The summed E-state index contributed by atoms with van der Waals surface area (Å²) in [7, 11) is 0. The van der Waals surface area contributed by atoms with Crippen LogP contribution in [0.1, 0.15) is 23.2 Å². The average molecular weight is 386 g/mol. The Morgan fingerprint density at radius 3 is 2.73 bits per heavy atom. The van der Waals surface area contributed by atoms with Crippen LogP contribution in [-0.2, 0) is 19.0 Å². The van der Waals surface area contributed by atoms with E-state index in [9.17, 15) is 23.1 Å². The van der Waals surface area contributed by atoms with Crippen molar-refractivity contribution in [1.82, 2.24) is 4.98 Å². The Morgan fingerprint density at radius 2 is 2.00 bits per heavy atom. The van der Waals surface area contributed by atoms with Crippen LogP contribution in [-0.4, -0.2) is 22.2 Å². The Kier molecular flexibility index (Phi) is 5.06. The second kappa shape index (κ2) is 7.13. The Morgan fingerprint density at radius 1 is 1.23 bits per heavy atom. The highest BCUT2D eigenvalue weighted by Crippen LogP contribution is 2.36. The highest BCUT2D eigenvalue weighted by molar-refractivity contribution is 6.31. The van der Waals surface area contributed by atoms with E-state index in [1.165, 1.54) is 6.07 Å². The first-order valence-corrected chi connectivity index (χ1v) is 8.22. The van der Waals surface area contributed by atoms with Crippen molar-refractivity contribution in [2.24, 2.45) is 0 Å². The minimum absolute atomic E-state index is 0.0414.